The number of amides is 1. The maximum atomic E-state index is 11.8. The second-order valence-electron chi connectivity index (χ2n) is 3.92. The van der Waals surface area contributed by atoms with Crippen LogP contribution >= 0.6 is 11.9 Å². The van der Waals surface area contributed by atoms with Crippen LogP contribution in [0, 0.1) is 0 Å². The lowest BCUT2D eigenvalue weighted by Gasteiger charge is -2.44. The van der Waals surface area contributed by atoms with Gasteiger partial charge in [0.2, 0.25) is 0 Å². The summed E-state index contributed by atoms with van der Waals surface area (Å²) in [7, 11) is -3.65. The average molecular weight is 287 g/mol. The van der Waals surface area contributed by atoms with Crippen molar-refractivity contribution in [3.63, 3.8) is 0 Å². The monoisotopic (exact) mass is 287 g/mol. The van der Waals surface area contributed by atoms with Crippen LogP contribution in [0.5, 0.6) is 0 Å². The average Bonchev–Trinajstić information content (AvgIpc) is 2.32. The van der Waals surface area contributed by atoms with E-state index in [4.69, 9.17) is 4.18 Å². The van der Waals surface area contributed by atoms with Crippen molar-refractivity contribution in [3.8, 4) is 0 Å². The number of hydrogen-bond acceptors (Lipinski definition) is 5. The van der Waals surface area contributed by atoms with Crippen molar-refractivity contribution in [1.82, 2.24) is 4.31 Å². The first kappa shape index (κ1) is 13.4. The summed E-state index contributed by atoms with van der Waals surface area (Å²) in [5, 5.41) is 0. The normalized spacial score (nSPS) is 23.9. The lowest BCUT2D eigenvalue weighted by Crippen LogP contribution is -2.56. The molecule has 0 saturated carbocycles. The SMILES string of the molecule is CSN1C(=O)C(OS(C)(=O)=O)C1c1ccccc1. The first-order valence-corrected chi connectivity index (χ1v) is 8.24. The van der Waals surface area contributed by atoms with Crippen LogP contribution in [0.1, 0.15) is 11.6 Å². The molecule has 1 aliphatic heterocycles. The number of benzene rings is 1. The minimum atomic E-state index is -3.65. The van der Waals surface area contributed by atoms with Crippen molar-refractivity contribution in [1.29, 1.82) is 0 Å². The van der Waals surface area contributed by atoms with Crippen LogP contribution in [-0.4, -0.2) is 37.2 Å². The molecule has 18 heavy (non-hydrogen) atoms. The van der Waals surface area contributed by atoms with Gasteiger partial charge < -0.3 is 0 Å². The predicted octanol–water partition coefficient (Wildman–Crippen LogP) is 1.19. The van der Waals surface area contributed by atoms with E-state index in [1.165, 1.54) is 16.3 Å². The number of nitrogens with zero attached hydrogens (tertiary/aromatic N) is 1. The summed E-state index contributed by atoms with van der Waals surface area (Å²) in [5.41, 5.74) is 0.861. The van der Waals surface area contributed by atoms with Crippen molar-refractivity contribution >= 4 is 28.0 Å². The van der Waals surface area contributed by atoms with Crippen molar-refractivity contribution in [2.24, 2.45) is 0 Å². The molecular formula is C11H13NO4S2. The zero-order chi connectivity index (χ0) is 13.3. The maximum absolute atomic E-state index is 11.8. The number of hydrogen-bond donors (Lipinski definition) is 0. The van der Waals surface area contributed by atoms with E-state index in [2.05, 4.69) is 0 Å². The smallest absolute Gasteiger partial charge is 0.266 e. The molecule has 1 saturated heterocycles. The summed E-state index contributed by atoms with van der Waals surface area (Å²) in [6.45, 7) is 0. The van der Waals surface area contributed by atoms with Gasteiger partial charge in [-0.25, -0.2) is 0 Å². The summed E-state index contributed by atoms with van der Waals surface area (Å²) in [4.78, 5) is 11.8. The van der Waals surface area contributed by atoms with Crippen molar-refractivity contribution in [3.05, 3.63) is 35.9 Å². The third-order valence-electron chi connectivity index (χ3n) is 2.62. The molecule has 1 aromatic carbocycles. The van der Waals surface area contributed by atoms with Gasteiger partial charge >= 0.3 is 0 Å². The largest absolute Gasteiger partial charge is 0.273 e. The van der Waals surface area contributed by atoms with Crippen molar-refractivity contribution in [2.45, 2.75) is 12.1 Å². The Morgan fingerprint density at radius 2 is 1.89 bits per heavy atom. The minimum absolute atomic E-state index is 0.318. The Labute approximate surface area is 110 Å². The summed E-state index contributed by atoms with van der Waals surface area (Å²) >= 11 is 1.26. The number of rotatable bonds is 4. The van der Waals surface area contributed by atoms with Gasteiger partial charge in [0, 0.05) is 6.26 Å². The maximum Gasteiger partial charge on any atom is 0.266 e. The highest BCUT2D eigenvalue weighted by atomic mass is 32.2. The van der Waals surface area contributed by atoms with Gasteiger partial charge in [-0.15, -0.1) is 0 Å². The molecule has 98 valence electrons. The van der Waals surface area contributed by atoms with Crippen molar-refractivity contribution < 1.29 is 17.4 Å². The van der Waals surface area contributed by atoms with E-state index in [1.807, 2.05) is 30.3 Å². The van der Waals surface area contributed by atoms with Crippen LogP contribution in [-0.2, 0) is 19.1 Å². The van der Waals surface area contributed by atoms with Crippen LogP contribution in [0.4, 0.5) is 0 Å². The van der Waals surface area contributed by atoms with E-state index in [9.17, 15) is 13.2 Å². The fraction of sp³-hybridized carbons (Fsp3) is 0.364. The topological polar surface area (TPSA) is 63.7 Å². The molecule has 1 aliphatic rings. The van der Waals surface area contributed by atoms with Gasteiger partial charge in [0.15, 0.2) is 6.10 Å². The zero-order valence-corrected chi connectivity index (χ0v) is 11.6. The third-order valence-corrected chi connectivity index (χ3v) is 3.97. The highest BCUT2D eigenvalue weighted by molar-refractivity contribution is 7.96. The molecule has 5 nitrogen and oxygen atoms in total. The van der Waals surface area contributed by atoms with Gasteiger partial charge in [-0.2, -0.15) is 8.42 Å². The van der Waals surface area contributed by atoms with E-state index in [-0.39, 0.29) is 11.9 Å². The second-order valence-corrected chi connectivity index (χ2v) is 6.28. The van der Waals surface area contributed by atoms with Gasteiger partial charge in [0.1, 0.15) is 6.04 Å². The summed E-state index contributed by atoms with van der Waals surface area (Å²) in [6, 6.07) is 8.88. The summed E-state index contributed by atoms with van der Waals surface area (Å²) < 4.78 is 28.7. The molecule has 1 heterocycles. The Morgan fingerprint density at radius 3 is 2.39 bits per heavy atom. The van der Waals surface area contributed by atoms with Gasteiger partial charge in [-0.3, -0.25) is 13.3 Å². The van der Waals surface area contributed by atoms with E-state index < -0.39 is 16.2 Å². The molecule has 0 radical (unpaired) electrons. The fourth-order valence-electron chi connectivity index (χ4n) is 1.88. The molecular weight excluding hydrogens is 274 g/mol. The van der Waals surface area contributed by atoms with E-state index in [0.29, 0.717) is 0 Å². The first-order valence-electron chi connectivity index (χ1n) is 5.24. The van der Waals surface area contributed by atoms with Gasteiger partial charge in [0.25, 0.3) is 16.0 Å². The standard InChI is InChI=1S/C11H13NO4S2/c1-17-12-9(8-6-4-3-5-7-8)10(11(12)13)16-18(2,14)15/h3-7,9-10H,1-2H3. The number of carbonyl (C=O) groups is 1. The molecule has 0 aromatic heterocycles. The van der Waals surface area contributed by atoms with E-state index in [1.54, 1.807) is 6.26 Å². The molecule has 1 amide bonds. The summed E-state index contributed by atoms with van der Waals surface area (Å²) in [6.07, 6.45) is 1.77. The minimum Gasteiger partial charge on any atom is -0.273 e. The molecule has 2 rings (SSSR count). The third kappa shape index (κ3) is 2.52. The lowest BCUT2D eigenvalue weighted by molar-refractivity contribution is -0.151. The lowest BCUT2D eigenvalue weighted by atomic mass is 9.94. The molecule has 2 atom stereocenters. The quantitative estimate of drug-likeness (QED) is 0.473. The summed E-state index contributed by atoms with van der Waals surface area (Å²) in [5.74, 6) is -0.318. The molecule has 1 aromatic rings. The van der Waals surface area contributed by atoms with Crippen molar-refractivity contribution in [2.75, 3.05) is 12.5 Å². The molecule has 0 aliphatic carbocycles. The van der Waals surface area contributed by atoms with Crippen LogP contribution in [0.2, 0.25) is 0 Å². The Bertz CT molecular complexity index is 543. The Morgan fingerprint density at radius 1 is 1.28 bits per heavy atom. The number of carbonyl (C=O) groups excluding carboxylic acids is 1. The predicted molar refractivity (Wildman–Crippen MR) is 69.3 cm³/mol. The molecule has 1 fully saturated rings. The molecule has 0 N–H and O–H groups in total. The van der Waals surface area contributed by atoms with Crippen LogP contribution in [0.25, 0.3) is 0 Å². The molecule has 7 heteroatoms. The van der Waals surface area contributed by atoms with Gasteiger partial charge in [0.05, 0.1) is 6.26 Å². The van der Waals surface area contributed by atoms with Crippen LogP contribution in [0.3, 0.4) is 0 Å². The van der Waals surface area contributed by atoms with Crippen LogP contribution < -0.4 is 0 Å². The highest BCUT2D eigenvalue weighted by Gasteiger charge is 2.51. The molecule has 2 unspecified atom stereocenters. The van der Waals surface area contributed by atoms with Crippen LogP contribution in [0.15, 0.2) is 30.3 Å². The van der Waals surface area contributed by atoms with E-state index in [0.717, 1.165) is 11.8 Å². The first-order chi connectivity index (χ1) is 8.44. The van der Waals surface area contributed by atoms with Gasteiger partial charge in [-0.05, 0) is 5.56 Å². The second kappa shape index (κ2) is 4.91. The fourth-order valence-corrected chi connectivity index (χ4v) is 3.19. The van der Waals surface area contributed by atoms with Gasteiger partial charge in [-0.1, -0.05) is 42.3 Å². The Hall–Kier alpha value is -1.05. The zero-order valence-electron chi connectivity index (χ0n) is 9.94. The van der Waals surface area contributed by atoms with E-state index >= 15 is 0 Å². The highest BCUT2D eigenvalue weighted by Crippen LogP contribution is 2.41. The molecule has 0 spiro atoms. The number of β-lactam (4-membered cyclic amide) rings is 1. The Kier molecular flexibility index (Phi) is 3.65. The Balaban J connectivity index is 2.27. The molecule has 0 bridgehead atoms.